The summed E-state index contributed by atoms with van der Waals surface area (Å²) in [5, 5.41) is 5.01. The Labute approximate surface area is 263 Å². The van der Waals surface area contributed by atoms with Gasteiger partial charge < -0.3 is 9.88 Å². The summed E-state index contributed by atoms with van der Waals surface area (Å²) in [5.74, 6) is 0. The summed E-state index contributed by atoms with van der Waals surface area (Å²) in [4.78, 5) is 6.12. The molecule has 8 aromatic rings. The fourth-order valence-corrected chi connectivity index (χ4v) is 7.55. The maximum absolute atomic E-state index is 3.71. The van der Waals surface area contributed by atoms with Crippen LogP contribution in [0.25, 0.3) is 54.8 Å². The Morgan fingerprint density at radius 3 is 2.02 bits per heavy atom. The molecule has 1 aliphatic rings. The van der Waals surface area contributed by atoms with E-state index >= 15 is 0 Å². The maximum Gasteiger partial charge on any atom is 0.0544 e. The van der Waals surface area contributed by atoms with Gasteiger partial charge in [-0.05, 0) is 75.7 Å². The van der Waals surface area contributed by atoms with E-state index in [1.165, 1.54) is 77.3 Å². The number of aromatic nitrogens is 1. The zero-order valence-electron chi connectivity index (χ0n) is 25.4. The number of H-pyrrole nitrogens is 1. The molecule has 1 N–H and O–H groups in total. The SMILES string of the molecule is CC1(C)c2cc(-c3cccc4c3[nH]c3ccccc34)ccc2-c2ccc(N(c3ccccc3)c3cccc4ccccc34)cc21. The first-order valence-corrected chi connectivity index (χ1v) is 15.7. The molecular weight excluding hydrogens is 544 g/mol. The summed E-state index contributed by atoms with van der Waals surface area (Å²) in [6.45, 7) is 4.75. The van der Waals surface area contributed by atoms with E-state index in [0.717, 1.165) is 5.69 Å². The highest BCUT2D eigenvalue weighted by molar-refractivity contribution is 6.12. The van der Waals surface area contributed by atoms with Crippen LogP contribution >= 0.6 is 0 Å². The number of para-hydroxylation sites is 3. The van der Waals surface area contributed by atoms with Crippen molar-refractivity contribution < 1.29 is 0 Å². The molecule has 1 aliphatic carbocycles. The fraction of sp³-hybridized carbons (Fsp3) is 0.0698. The third-order valence-corrected chi connectivity index (χ3v) is 9.79. The van der Waals surface area contributed by atoms with E-state index in [4.69, 9.17) is 0 Å². The Balaban J connectivity index is 1.19. The summed E-state index contributed by atoms with van der Waals surface area (Å²) in [6, 6.07) is 55.3. The van der Waals surface area contributed by atoms with Crippen molar-refractivity contribution in [2.75, 3.05) is 4.90 Å². The van der Waals surface area contributed by atoms with Crippen LogP contribution in [0, 0.1) is 0 Å². The molecule has 45 heavy (non-hydrogen) atoms. The zero-order chi connectivity index (χ0) is 30.1. The van der Waals surface area contributed by atoms with Crippen molar-refractivity contribution in [2.24, 2.45) is 0 Å². The lowest BCUT2D eigenvalue weighted by molar-refractivity contribution is 0.660. The highest BCUT2D eigenvalue weighted by atomic mass is 15.1. The molecule has 7 aromatic carbocycles. The third kappa shape index (κ3) is 3.89. The van der Waals surface area contributed by atoms with Gasteiger partial charge in [0.05, 0.1) is 11.2 Å². The number of anilines is 3. The summed E-state index contributed by atoms with van der Waals surface area (Å²) < 4.78 is 0. The zero-order valence-corrected chi connectivity index (χ0v) is 25.4. The van der Waals surface area contributed by atoms with Gasteiger partial charge in [0.1, 0.15) is 0 Å². The smallest absolute Gasteiger partial charge is 0.0544 e. The highest BCUT2D eigenvalue weighted by Crippen LogP contribution is 2.52. The van der Waals surface area contributed by atoms with Crippen LogP contribution in [-0.2, 0) is 5.41 Å². The topological polar surface area (TPSA) is 19.0 Å². The normalized spacial score (nSPS) is 13.3. The highest BCUT2D eigenvalue weighted by Gasteiger charge is 2.36. The van der Waals surface area contributed by atoms with Crippen molar-refractivity contribution in [1.82, 2.24) is 4.98 Å². The van der Waals surface area contributed by atoms with Gasteiger partial charge in [0, 0.05) is 44.0 Å². The maximum atomic E-state index is 3.71. The summed E-state index contributed by atoms with van der Waals surface area (Å²) in [7, 11) is 0. The minimum absolute atomic E-state index is 0.161. The molecule has 9 rings (SSSR count). The molecule has 0 fully saturated rings. The van der Waals surface area contributed by atoms with E-state index in [9.17, 15) is 0 Å². The molecule has 0 bridgehead atoms. The molecule has 0 aliphatic heterocycles. The number of hydrogen-bond donors (Lipinski definition) is 1. The van der Waals surface area contributed by atoms with Gasteiger partial charge in [-0.3, -0.25) is 0 Å². The Bertz CT molecular complexity index is 2410. The molecule has 0 saturated carbocycles. The van der Waals surface area contributed by atoms with Crippen LogP contribution in [0.4, 0.5) is 17.1 Å². The summed E-state index contributed by atoms with van der Waals surface area (Å²) in [5.41, 5.74) is 13.6. The first kappa shape index (κ1) is 25.9. The lowest BCUT2D eigenvalue weighted by atomic mass is 9.81. The molecule has 2 nitrogen and oxygen atoms in total. The van der Waals surface area contributed by atoms with E-state index in [-0.39, 0.29) is 5.41 Å². The van der Waals surface area contributed by atoms with Crippen LogP contribution in [0.3, 0.4) is 0 Å². The Hall–Kier alpha value is -5.60. The van der Waals surface area contributed by atoms with Gasteiger partial charge in [-0.15, -0.1) is 0 Å². The molecule has 0 amide bonds. The first-order chi connectivity index (χ1) is 22.1. The lowest BCUT2D eigenvalue weighted by Crippen LogP contribution is -2.16. The van der Waals surface area contributed by atoms with Gasteiger partial charge in [-0.2, -0.15) is 0 Å². The Morgan fingerprint density at radius 1 is 0.489 bits per heavy atom. The minimum atomic E-state index is -0.161. The monoisotopic (exact) mass is 576 g/mol. The van der Waals surface area contributed by atoms with Gasteiger partial charge in [-0.25, -0.2) is 0 Å². The largest absolute Gasteiger partial charge is 0.354 e. The van der Waals surface area contributed by atoms with E-state index < -0.39 is 0 Å². The van der Waals surface area contributed by atoms with E-state index in [1.54, 1.807) is 0 Å². The molecule has 1 aromatic heterocycles. The quantitative estimate of drug-likeness (QED) is 0.221. The fourth-order valence-electron chi connectivity index (χ4n) is 7.55. The van der Waals surface area contributed by atoms with Crippen molar-refractivity contribution in [2.45, 2.75) is 19.3 Å². The standard InChI is InChI=1S/C43H32N2/c1-43(2)38-26-29(33-18-11-19-37-36-17-8-9-20-40(36)44-42(33)37)22-24-34(38)35-25-23-31(27-39(35)43)45(30-14-4-3-5-15-30)41-21-10-13-28-12-6-7-16-32(28)41/h3-27,44H,1-2H3. The summed E-state index contributed by atoms with van der Waals surface area (Å²) in [6.07, 6.45) is 0. The van der Waals surface area contributed by atoms with Crippen LogP contribution in [0.5, 0.6) is 0 Å². The van der Waals surface area contributed by atoms with Crippen LogP contribution in [0.2, 0.25) is 0 Å². The van der Waals surface area contributed by atoms with Gasteiger partial charge >= 0.3 is 0 Å². The predicted octanol–water partition coefficient (Wildman–Crippen LogP) is 11.9. The minimum Gasteiger partial charge on any atom is -0.354 e. The molecule has 214 valence electrons. The molecule has 1 heterocycles. The van der Waals surface area contributed by atoms with Crippen LogP contribution < -0.4 is 4.90 Å². The van der Waals surface area contributed by atoms with Crippen LogP contribution in [0.1, 0.15) is 25.0 Å². The number of benzene rings is 7. The van der Waals surface area contributed by atoms with Crippen LogP contribution in [0.15, 0.2) is 152 Å². The Kier molecular flexibility index (Phi) is 5.58. The van der Waals surface area contributed by atoms with Crippen molar-refractivity contribution in [1.29, 1.82) is 0 Å². The number of fused-ring (bicyclic) bond motifs is 7. The second-order valence-electron chi connectivity index (χ2n) is 12.7. The van der Waals surface area contributed by atoms with E-state index in [1.807, 2.05) is 0 Å². The average molecular weight is 577 g/mol. The molecule has 0 saturated heterocycles. The van der Waals surface area contributed by atoms with Gasteiger partial charge in [0.25, 0.3) is 0 Å². The van der Waals surface area contributed by atoms with Crippen molar-refractivity contribution in [3.8, 4) is 22.3 Å². The molecule has 0 radical (unpaired) electrons. The lowest BCUT2D eigenvalue weighted by Gasteiger charge is -2.29. The molecule has 0 unspecified atom stereocenters. The van der Waals surface area contributed by atoms with Crippen LogP contribution in [-0.4, -0.2) is 4.98 Å². The molecule has 2 heteroatoms. The first-order valence-electron chi connectivity index (χ1n) is 15.7. The summed E-state index contributed by atoms with van der Waals surface area (Å²) >= 11 is 0. The van der Waals surface area contributed by atoms with Gasteiger partial charge in [0.15, 0.2) is 0 Å². The number of rotatable bonds is 4. The van der Waals surface area contributed by atoms with Crippen molar-refractivity contribution in [3.63, 3.8) is 0 Å². The molecule has 0 atom stereocenters. The van der Waals surface area contributed by atoms with Gasteiger partial charge in [0.2, 0.25) is 0 Å². The second-order valence-corrected chi connectivity index (χ2v) is 12.7. The molecule has 0 spiro atoms. The van der Waals surface area contributed by atoms with Crippen molar-refractivity contribution >= 4 is 49.6 Å². The second kappa shape index (κ2) is 9.70. The van der Waals surface area contributed by atoms with Gasteiger partial charge in [-0.1, -0.05) is 123 Å². The van der Waals surface area contributed by atoms with E-state index in [2.05, 4.69) is 175 Å². The van der Waals surface area contributed by atoms with E-state index in [0.29, 0.717) is 0 Å². The number of hydrogen-bond acceptors (Lipinski definition) is 1. The number of aromatic amines is 1. The Morgan fingerprint density at radius 2 is 1.16 bits per heavy atom. The third-order valence-electron chi connectivity index (χ3n) is 9.79. The average Bonchev–Trinajstić information content (AvgIpc) is 3.57. The predicted molar refractivity (Wildman–Crippen MR) is 191 cm³/mol. The molecular formula is C43H32N2. The van der Waals surface area contributed by atoms with Crippen molar-refractivity contribution in [3.05, 3.63) is 163 Å². The number of nitrogens with one attached hydrogen (secondary N) is 1. The number of nitrogens with zero attached hydrogens (tertiary/aromatic N) is 1.